The molecule has 1 aromatic rings. The molecular weight excluding hydrogens is 350 g/mol. The number of nitrogens with one attached hydrogen (secondary N) is 1. The standard InChI is InChI=1S/C21H30ClNO3/c1-3-17(22)21(25)16-11-12-18(19(14-16)26-4-2)23-20(24)13-10-15-8-6-5-7-9-15/h11-12,14-15,17H,3-10,13H2,1-2H3,(H,23,24). The van der Waals surface area contributed by atoms with Gasteiger partial charge >= 0.3 is 0 Å². The first-order chi connectivity index (χ1) is 12.5. The van der Waals surface area contributed by atoms with Crippen molar-refractivity contribution < 1.29 is 14.3 Å². The summed E-state index contributed by atoms with van der Waals surface area (Å²) in [5.74, 6) is 1.07. The van der Waals surface area contributed by atoms with Crippen LogP contribution in [0.5, 0.6) is 5.75 Å². The third-order valence-corrected chi connectivity index (χ3v) is 5.49. The summed E-state index contributed by atoms with van der Waals surface area (Å²) in [6.07, 6.45) is 8.42. The lowest BCUT2D eigenvalue weighted by molar-refractivity contribution is -0.116. The van der Waals surface area contributed by atoms with Gasteiger partial charge in [-0.25, -0.2) is 0 Å². The first-order valence-corrected chi connectivity index (χ1v) is 10.2. The lowest BCUT2D eigenvalue weighted by atomic mass is 9.86. The van der Waals surface area contributed by atoms with Crippen molar-refractivity contribution in [1.82, 2.24) is 0 Å². The fourth-order valence-corrected chi connectivity index (χ4v) is 3.57. The van der Waals surface area contributed by atoms with Crippen LogP contribution >= 0.6 is 11.6 Å². The van der Waals surface area contributed by atoms with Gasteiger partial charge in [-0.2, -0.15) is 0 Å². The number of amides is 1. The van der Waals surface area contributed by atoms with Gasteiger partial charge in [-0.05, 0) is 43.9 Å². The molecule has 1 atom stereocenters. The van der Waals surface area contributed by atoms with Crippen LogP contribution < -0.4 is 10.1 Å². The lowest BCUT2D eigenvalue weighted by Crippen LogP contribution is -2.17. The van der Waals surface area contributed by atoms with E-state index in [0.717, 1.165) is 6.42 Å². The number of rotatable bonds is 9. The average Bonchev–Trinajstić information content (AvgIpc) is 2.67. The molecule has 0 heterocycles. The number of Topliss-reactive ketones (excluding diaryl/α,β-unsaturated/α-hetero) is 1. The molecule has 0 bridgehead atoms. The second-order valence-electron chi connectivity index (χ2n) is 6.97. The highest BCUT2D eigenvalue weighted by Crippen LogP contribution is 2.29. The molecule has 144 valence electrons. The van der Waals surface area contributed by atoms with E-state index in [0.29, 0.717) is 42.4 Å². The van der Waals surface area contributed by atoms with E-state index in [2.05, 4.69) is 5.32 Å². The maximum Gasteiger partial charge on any atom is 0.224 e. The molecule has 1 aliphatic rings. The molecular formula is C21H30ClNO3. The summed E-state index contributed by atoms with van der Waals surface area (Å²) in [5, 5.41) is 2.39. The summed E-state index contributed by atoms with van der Waals surface area (Å²) in [6, 6.07) is 5.11. The molecule has 26 heavy (non-hydrogen) atoms. The Bertz CT molecular complexity index is 611. The molecule has 5 heteroatoms. The number of alkyl halides is 1. The van der Waals surface area contributed by atoms with E-state index in [9.17, 15) is 9.59 Å². The third kappa shape index (κ3) is 6.01. The number of carbonyl (C=O) groups is 2. The minimum Gasteiger partial charge on any atom is -0.492 e. The van der Waals surface area contributed by atoms with Crippen molar-refractivity contribution in [3.8, 4) is 5.75 Å². The zero-order valence-corrected chi connectivity index (χ0v) is 16.6. The van der Waals surface area contributed by atoms with Crippen molar-refractivity contribution >= 4 is 29.0 Å². The largest absolute Gasteiger partial charge is 0.492 e. The average molecular weight is 380 g/mol. The zero-order valence-electron chi connectivity index (χ0n) is 15.9. The van der Waals surface area contributed by atoms with Crippen LogP contribution in [0.4, 0.5) is 5.69 Å². The molecule has 1 N–H and O–H groups in total. The molecule has 1 fully saturated rings. The minimum atomic E-state index is -0.541. The Hall–Kier alpha value is -1.55. The van der Waals surface area contributed by atoms with Gasteiger partial charge in [-0.3, -0.25) is 9.59 Å². The molecule has 0 spiro atoms. The van der Waals surface area contributed by atoms with E-state index >= 15 is 0 Å². The number of ketones is 1. The summed E-state index contributed by atoms with van der Waals surface area (Å²) < 4.78 is 5.63. The maximum absolute atomic E-state index is 12.3. The SMILES string of the molecule is CCOc1cc(C(=O)C(Cl)CC)ccc1NC(=O)CCC1CCCCC1. The van der Waals surface area contributed by atoms with Crippen molar-refractivity contribution in [1.29, 1.82) is 0 Å². The van der Waals surface area contributed by atoms with E-state index in [1.54, 1.807) is 18.2 Å². The quantitative estimate of drug-likeness (QED) is 0.449. The second-order valence-corrected chi connectivity index (χ2v) is 7.50. The van der Waals surface area contributed by atoms with Crippen LogP contribution in [0.2, 0.25) is 0 Å². The Morgan fingerprint density at radius 1 is 1.23 bits per heavy atom. The van der Waals surface area contributed by atoms with E-state index in [4.69, 9.17) is 16.3 Å². The Morgan fingerprint density at radius 2 is 1.96 bits per heavy atom. The molecule has 0 radical (unpaired) electrons. The lowest BCUT2D eigenvalue weighted by Gasteiger charge is -2.21. The van der Waals surface area contributed by atoms with Crippen molar-refractivity contribution in [2.75, 3.05) is 11.9 Å². The fraction of sp³-hybridized carbons (Fsp3) is 0.619. The molecule has 0 aliphatic heterocycles. The molecule has 1 aromatic carbocycles. The number of carbonyl (C=O) groups excluding carboxylic acids is 2. The first-order valence-electron chi connectivity index (χ1n) is 9.80. The number of hydrogen-bond acceptors (Lipinski definition) is 3. The van der Waals surface area contributed by atoms with Gasteiger partial charge in [0, 0.05) is 12.0 Å². The highest BCUT2D eigenvalue weighted by Gasteiger charge is 2.19. The highest BCUT2D eigenvalue weighted by molar-refractivity contribution is 6.33. The van der Waals surface area contributed by atoms with Crippen molar-refractivity contribution in [3.63, 3.8) is 0 Å². The van der Waals surface area contributed by atoms with Gasteiger partial charge in [0.15, 0.2) is 5.78 Å². The Kier molecular flexibility index (Phi) is 8.43. The van der Waals surface area contributed by atoms with Crippen LogP contribution in [0, 0.1) is 5.92 Å². The van der Waals surface area contributed by atoms with Gasteiger partial charge in [0.1, 0.15) is 5.75 Å². The molecule has 4 nitrogen and oxygen atoms in total. The van der Waals surface area contributed by atoms with Gasteiger partial charge in [-0.1, -0.05) is 39.0 Å². The van der Waals surface area contributed by atoms with E-state index in [1.807, 2.05) is 13.8 Å². The Balaban J connectivity index is 2.00. The van der Waals surface area contributed by atoms with Crippen molar-refractivity contribution in [2.45, 2.75) is 70.6 Å². The number of hydrogen-bond donors (Lipinski definition) is 1. The first kappa shape index (κ1) is 20.8. The summed E-state index contributed by atoms with van der Waals surface area (Å²) in [7, 11) is 0. The molecule has 0 aromatic heterocycles. The van der Waals surface area contributed by atoms with Gasteiger partial charge in [-0.15, -0.1) is 11.6 Å². The minimum absolute atomic E-state index is 0.000573. The van der Waals surface area contributed by atoms with Crippen molar-refractivity contribution in [3.05, 3.63) is 23.8 Å². The molecule has 1 amide bonds. The van der Waals surface area contributed by atoms with Crippen LogP contribution in [0.3, 0.4) is 0 Å². The molecule has 2 rings (SSSR count). The Labute approximate surface area is 161 Å². The number of anilines is 1. The molecule has 1 unspecified atom stereocenters. The van der Waals surface area contributed by atoms with Crippen molar-refractivity contribution in [2.24, 2.45) is 5.92 Å². The fourth-order valence-electron chi connectivity index (χ4n) is 3.44. The van der Waals surface area contributed by atoms with E-state index in [1.165, 1.54) is 32.1 Å². The predicted octanol–water partition coefficient (Wildman–Crippen LogP) is 5.58. The maximum atomic E-state index is 12.3. The smallest absolute Gasteiger partial charge is 0.224 e. The normalized spacial score (nSPS) is 16.1. The zero-order chi connectivity index (χ0) is 18.9. The summed E-state index contributed by atoms with van der Waals surface area (Å²) in [6.45, 7) is 4.21. The van der Waals surface area contributed by atoms with Crippen LogP contribution in [0.1, 0.15) is 75.6 Å². The number of benzene rings is 1. The summed E-state index contributed by atoms with van der Waals surface area (Å²) in [4.78, 5) is 24.6. The number of ether oxygens (including phenoxy) is 1. The Morgan fingerprint density at radius 3 is 2.62 bits per heavy atom. The summed E-state index contributed by atoms with van der Waals surface area (Å²) >= 11 is 6.06. The van der Waals surface area contributed by atoms with E-state index < -0.39 is 5.38 Å². The van der Waals surface area contributed by atoms with Gasteiger partial charge in [0.25, 0.3) is 0 Å². The summed E-state index contributed by atoms with van der Waals surface area (Å²) in [5.41, 5.74) is 1.12. The predicted molar refractivity (Wildman–Crippen MR) is 106 cm³/mol. The molecule has 0 saturated heterocycles. The van der Waals surface area contributed by atoms with Crippen LogP contribution in [0.25, 0.3) is 0 Å². The van der Waals surface area contributed by atoms with Crippen LogP contribution in [-0.4, -0.2) is 23.7 Å². The topological polar surface area (TPSA) is 55.4 Å². The second kappa shape index (κ2) is 10.6. The molecule has 1 saturated carbocycles. The third-order valence-electron chi connectivity index (χ3n) is 4.99. The van der Waals surface area contributed by atoms with Gasteiger partial charge in [0.2, 0.25) is 5.91 Å². The van der Waals surface area contributed by atoms with Gasteiger partial charge in [0.05, 0.1) is 17.7 Å². The molecule has 1 aliphatic carbocycles. The van der Waals surface area contributed by atoms with Crippen LogP contribution in [0.15, 0.2) is 18.2 Å². The van der Waals surface area contributed by atoms with E-state index in [-0.39, 0.29) is 11.7 Å². The monoisotopic (exact) mass is 379 g/mol. The number of halogens is 1. The van der Waals surface area contributed by atoms with Gasteiger partial charge < -0.3 is 10.1 Å². The van der Waals surface area contributed by atoms with Crippen LogP contribution in [-0.2, 0) is 4.79 Å². The highest BCUT2D eigenvalue weighted by atomic mass is 35.5.